The lowest BCUT2D eigenvalue weighted by Crippen LogP contribution is -2.30. The van der Waals surface area contributed by atoms with Gasteiger partial charge in [0.25, 0.3) is 0 Å². The largest absolute Gasteiger partial charge is 0.370 e. The number of hydrogen-bond donors (Lipinski definition) is 3. The molecule has 1 aliphatic rings. The van der Waals surface area contributed by atoms with Gasteiger partial charge in [-0.1, -0.05) is 0 Å². The number of aromatic nitrogens is 2. The molecule has 1 aromatic heterocycles. The van der Waals surface area contributed by atoms with Gasteiger partial charge >= 0.3 is 0 Å². The first-order valence-corrected chi connectivity index (χ1v) is 6.91. The summed E-state index contributed by atoms with van der Waals surface area (Å²) < 4.78 is 0. The number of nitrogens with two attached hydrogens (primary N) is 1. The van der Waals surface area contributed by atoms with Crippen LogP contribution in [0.15, 0.2) is 6.33 Å². The maximum absolute atomic E-state index is 5.41. The highest BCUT2D eigenvalue weighted by molar-refractivity contribution is 5.55. The van der Waals surface area contributed by atoms with E-state index in [-0.39, 0.29) is 0 Å². The molecule has 6 nitrogen and oxygen atoms in total. The van der Waals surface area contributed by atoms with Crippen molar-refractivity contribution in [3.8, 4) is 0 Å². The first-order chi connectivity index (χ1) is 9.20. The second-order valence-electron chi connectivity index (χ2n) is 5.30. The van der Waals surface area contributed by atoms with Gasteiger partial charge in [0.15, 0.2) is 0 Å². The van der Waals surface area contributed by atoms with Crippen LogP contribution < -0.4 is 16.6 Å². The highest BCUT2D eigenvalue weighted by atomic mass is 15.3. The minimum absolute atomic E-state index is 0.678. The van der Waals surface area contributed by atoms with Gasteiger partial charge < -0.3 is 15.6 Å². The van der Waals surface area contributed by atoms with E-state index in [0.717, 1.165) is 23.8 Å². The zero-order chi connectivity index (χ0) is 13.7. The van der Waals surface area contributed by atoms with Gasteiger partial charge in [0.05, 0.1) is 0 Å². The van der Waals surface area contributed by atoms with E-state index in [1.807, 2.05) is 6.92 Å². The molecular weight excluding hydrogens is 240 g/mol. The molecule has 2 heterocycles. The smallest absolute Gasteiger partial charge is 0.148 e. The molecule has 0 spiro atoms. The van der Waals surface area contributed by atoms with Crippen LogP contribution in [0, 0.1) is 12.8 Å². The van der Waals surface area contributed by atoms with E-state index in [4.69, 9.17) is 5.84 Å². The number of likely N-dealkylation sites (tertiary alicyclic amines) is 1. The molecule has 6 heteroatoms. The van der Waals surface area contributed by atoms with Crippen LogP contribution in [0.5, 0.6) is 0 Å². The van der Waals surface area contributed by atoms with E-state index in [2.05, 4.69) is 32.7 Å². The Balaban J connectivity index is 1.79. The van der Waals surface area contributed by atoms with E-state index in [9.17, 15) is 0 Å². The molecule has 19 heavy (non-hydrogen) atoms. The van der Waals surface area contributed by atoms with Crippen molar-refractivity contribution in [3.63, 3.8) is 0 Å². The molecule has 1 saturated heterocycles. The van der Waals surface area contributed by atoms with Crippen LogP contribution in [0.1, 0.15) is 24.8 Å². The Hall–Kier alpha value is -1.40. The first-order valence-electron chi connectivity index (χ1n) is 6.91. The summed E-state index contributed by atoms with van der Waals surface area (Å²) in [4.78, 5) is 10.7. The van der Waals surface area contributed by atoms with Crippen LogP contribution in [-0.4, -0.2) is 41.5 Å². The number of rotatable bonds is 5. The van der Waals surface area contributed by atoms with Crippen LogP contribution in [0.3, 0.4) is 0 Å². The topological polar surface area (TPSA) is 79.1 Å². The summed E-state index contributed by atoms with van der Waals surface area (Å²) in [7, 11) is 2.19. The quantitative estimate of drug-likeness (QED) is 0.548. The van der Waals surface area contributed by atoms with Crippen molar-refractivity contribution in [1.82, 2.24) is 14.9 Å². The van der Waals surface area contributed by atoms with Gasteiger partial charge in [-0.3, -0.25) is 0 Å². The van der Waals surface area contributed by atoms with Gasteiger partial charge in [0, 0.05) is 12.1 Å². The second-order valence-corrected chi connectivity index (χ2v) is 5.30. The Bertz CT molecular complexity index is 400. The van der Waals surface area contributed by atoms with Gasteiger partial charge in [0.2, 0.25) is 0 Å². The van der Waals surface area contributed by atoms with Crippen molar-refractivity contribution in [2.45, 2.75) is 26.2 Å². The van der Waals surface area contributed by atoms with Crippen molar-refractivity contribution < 1.29 is 0 Å². The lowest BCUT2D eigenvalue weighted by molar-refractivity contribution is 0.215. The summed E-state index contributed by atoms with van der Waals surface area (Å²) in [6.07, 6.45) is 5.33. The van der Waals surface area contributed by atoms with Gasteiger partial charge in [-0.15, -0.1) is 0 Å². The molecule has 2 rings (SSSR count). The number of piperidine rings is 1. The maximum Gasteiger partial charge on any atom is 0.148 e. The summed E-state index contributed by atoms with van der Waals surface area (Å²) in [6, 6.07) is 0. The lowest BCUT2D eigenvalue weighted by Gasteiger charge is -2.29. The summed E-state index contributed by atoms with van der Waals surface area (Å²) in [5, 5.41) is 3.39. The molecule has 0 radical (unpaired) electrons. The fourth-order valence-electron chi connectivity index (χ4n) is 2.52. The Labute approximate surface area is 114 Å². The molecule has 1 aromatic rings. The zero-order valence-electron chi connectivity index (χ0n) is 11.8. The number of nitrogens with zero attached hydrogens (tertiary/aromatic N) is 3. The van der Waals surface area contributed by atoms with E-state index >= 15 is 0 Å². The third-order valence-electron chi connectivity index (χ3n) is 3.90. The summed E-state index contributed by atoms with van der Waals surface area (Å²) in [6.45, 7) is 5.36. The average Bonchev–Trinajstić information content (AvgIpc) is 2.43. The minimum atomic E-state index is 0.678. The van der Waals surface area contributed by atoms with Crippen molar-refractivity contribution >= 4 is 11.6 Å². The monoisotopic (exact) mass is 264 g/mol. The van der Waals surface area contributed by atoms with Gasteiger partial charge in [0.1, 0.15) is 18.0 Å². The fraction of sp³-hybridized carbons (Fsp3) is 0.692. The van der Waals surface area contributed by atoms with Gasteiger partial charge in [-0.2, -0.15) is 0 Å². The molecule has 0 amide bonds. The Morgan fingerprint density at radius 1 is 1.32 bits per heavy atom. The van der Waals surface area contributed by atoms with Crippen molar-refractivity contribution in [1.29, 1.82) is 0 Å². The predicted octanol–water partition coefficient (Wildman–Crippen LogP) is 1.21. The summed E-state index contributed by atoms with van der Waals surface area (Å²) in [5.74, 6) is 7.79. The third kappa shape index (κ3) is 3.78. The summed E-state index contributed by atoms with van der Waals surface area (Å²) in [5.41, 5.74) is 3.55. The first kappa shape index (κ1) is 14.0. The molecule has 1 fully saturated rings. The van der Waals surface area contributed by atoms with Crippen molar-refractivity contribution in [3.05, 3.63) is 11.9 Å². The second kappa shape index (κ2) is 6.68. The fourth-order valence-corrected chi connectivity index (χ4v) is 2.52. The maximum atomic E-state index is 5.41. The molecule has 0 aromatic carbocycles. The Kier molecular flexibility index (Phi) is 4.93. The standard InChI is InChI=1S/C13H24N6/c1-10-12(16-9-17-13(10)18-14)15-6-3-11-4-7-19(2)8-5-11/h9,11H,3-8,14H2,1-2H3,(H2,15,16,17,18). The van der Waals surface area contributed by atoms with Crippen molar-refractivity contribution in [2.24, 2.45) is 11.8 Å². The zero-order valence-corrected chi connectivity index (χ0v) is 11.8. The molecule has 1 aliphatic heterocycles. The van der Waals surface area contributed by atoms with Crippen LogP contribution in [0.4, 0.5) is 11.6 Å². The number of nitrogen functional groups attached to an aromatic ring is 1. The van der Waals surface area contributed by atoms with Gasteiger partial charge in [-0.25, -0.2) is 15.8 Å². The molecule has 4 N–H and O–H groups in total. The Morgan fingerprint density at radius 2 is 2.00 bits per heavy atom. The predicted molar refractivity (Wildman–Crippen MR) is 77.9 cm³/mol. The van der Waals surface area contributed by atoms with E-state index in [1.54, 1.807) is 0 Å². The molecule has 0 unspecified atom stereocenters. The average molecular weight is 264 g/mol. The Morgan fingerprint density at radius 3 is 2.68 bits per heavy atom. The van der Waals surface area contributed by atoms with Crippen LogP contribution in [0.2, 0.25) is 0 Å². The number of anilines is 2. The number of hydrogen-bond acceptors (Lipinski definition) is 6. The summed E-state index contributed by atoms with van der Waals surface area (Å²) >= 11 is 0. The molecular formula is C13H24N6. The highest BCUT2D eigenvalue weighted by Crippen LogP contribution is 2.21. The van der Waals surface area contributed by atoms with Crippen LogP contribution >= 0.6 is 0 Å². The number of nitrogens with one attached hydrogen (secondary N) is 2. The molecule has 0 aliphatic carbocycles. The van der Waals surface area contributed by atoms with E-state index in [1.165, 1.54) is 38.7 Å². The SMILES string of the molecule is Cc1c(NN)ncnc1NCCC1CCN(C)CC1. The van der Waals surface area contributed by atoms with E-state index < -0.39 is 0 Å². The van der Waals surface area contributed by atoms with Crippen LogP contribution in [-0.2, 0) is 0 Å². The van der Waals surface area contributed by atoms with Gasteiger partial charge in [-0.05, 0) is 52.2 Å². The minimum Gasteiger partial charge on any atom is -0.370 e. The number of hydrazine groups is 1. The highest BCUT2D eigenvalue weighted by Gasteiger charge is 2.16. The van der Waals surface area contributed by atoms with E-state index in [0.29, 0.717) is 5.82 Å². The molecule has 106 valence electrons. The molecule has 0 saturated carbocycles. The normalized spacial score (nSPS) is 17.4. The van der Waals surface area contributed by atoms with Crippen molar-refractivity contribution in [2.75, 3.05) is 37.4 Å². The third-order valence-corrected chi connectivity index (χ3v) is 3.90. The lowest BCUT2D eigenvalue weighted by atomic mass is 9.94. The van der Waals surface area contributed by atoms with Crippen LogP contribution in [0.25, 0.3) is 0 Å². The molecule has 0 atom stereocenters. The molecule has 0 bridgehead atoms.